The minimum absolute atomic E-state index is 0.0107. The lowest BCUT2D eigenvalue weighted by atomic mass is 10.2. The SMILES string of the molecule is O=C1C2CCCN2C(=O)CCN1c1ccc(F)c(Cl)c1. The molecule has 0 aromatic heterocycles. The van der Waals surface area contributed by atoms with Crippen molar-refractivity contribution in [3.8, 4) is 0 Å². The van der Waals surface area contributed by atoms with Crippen LogP contribution >= 0.6 is 11.6 Å². The number of amides is 2. The Morgan fingerprint density at radius 2 is 2.05 bits per heavy atom. The number of nitrogens with zero attached hydrogens (tertiary/aromatic N) is 2. The number of carbonyl (C=O) groups is 2. The molecule has 0 bridgehead atoms. The van der Waals surface area contributed by atoms with Crippen LogP contribution in [0.2, 0.25) is 5.02 Å². The first kappa shape index (κ1) is 13.4. The molecule has 0 N–H and O–H groups in total. The predicted molar refractivity (Wildman–Crippen MR) is 73.1 cm³/mol. The molecule has 1 aromatic carbocycles. The number of hydrogen-bond donors (Lipinski definition) is 0. The van der Waals surface area contributed by atoms with E-state index >= 15 is 0 Å². The molecule has 2 fully saturated rings. The Hall–Kier alpha value is -1.62. The first-order valence-corrected chi connectivity index (χ1v) is 7.01. The third-order valence-corrected chi connectivity index (χ3v) is 4.18. The van der Waals surface area contributed by atoms with Gasteiger partial charge in [0.05, 0.1) is 5.02 Å². The summed E-state index contributed by atoms with van der Waals surface area (Å²) in [6.45, 7) is 0.958. The molecule has 6 heteroatoms. The van der Waals surface area contributed by atoms with Gasteiger partial charge in [0, 0.05) is 25.2 Å². The maximum Gasteiger partial charge on any atom is 0.249 e. The fourth-order valence-corrected chi connectivity index (χ4v) is 3.05. The molecular formula is C14H14ClFN2O2. The van der Waals surface area contributed by atoms with Gasteiger partial charge in [-0.15, -0.1) is 0 Å². The predicted octanol–water partition coefficient (Wildman–Crippen LogP) is 2.21. The Balaban J connectivity index is 1.94. The fourth-order valence-electron chi connectivity index (χ4n) is 2.87. The highest BCUT2D eigenvalue weighted by Crippen LogP contribution is 2.29. The minimum atomic E-state index is -0.517. The Morgan fingerprint density at radius 3 is 2.80 bits per heavy atom. The molecule has 106 valence electrons. The molecule has 0 saturated carbocycles. The Labute approximate surface area is 121 Å². The van der Waals surface area contributed by atoms with Crippen molar-refractivity contribution in [3.05, 3.63) is 29.0 Å². The van der Waals surface area contributed by atoms with Gasteiger partial charge >= 0.3 is 0 Å². The Kier molecular flexibility index (Phi) is 3.38. The van der Waals surface area contributed by atoms with E-state index in [2.05, 4.69) is 0 Å². The third-order valence-electron chi connectivity index (χ3n) is 3.89. The van der Waals surface area contributed by atoms with E-state index in [1.54, 1.807) is 9.80 Å². The molecule has 0 radical (unpaired) electrons. The number of carbonyl (C=O) groups excluding carboxylic acids is 2. The summed E-state index contributed by atoms with van der Waals surface area (Å²) in [5.74, 6) is -0.608. The topological polar surface area (TPSA) is 40.6 Å². The number of halogens is 2. The lowest BCUT2D eigenvalue weighted by Gasteiger charge is -2.25. The Morgan fingerprint density at radius 1 is 1.25 bits per heavy atom. The van der Waals surface area contributed by atoms with Crippen LogP contribution in [-0.4, -0.2) is 35.8 Å². The molecule has 2 saturated heterocycles. The molecule has 3 rings (SSSR count). The maximum atomic E-state index is 13.2. The normalized spacial score (nSPS) is 23.0. The van der Waals surface area contributed by atoms with E-state index in [1.807, 2.05) is 0 Å². The van der Waals surface area contributed by atoms with Crippen LogP contribution in [0, 0.1) is 5.82 Å². The molecule has 0 aliphatic carbocycles. The van der Waals surface area contributed by atoms with Gasteiger partial charge in [-0.25, -0.2) is 4.39 Å². The van der Waals surface area contributed by atoms with Crippen molar-refractivity contribution in [1.82, 2.24) is 4.90 Å². The maximum absolute atomic E-state index is 13.2. The van der Waals surface area contributed by atoms with Crippen molar-refractivity contribution in [2.75, 3.05) is 18.0 Å². The zero-order valence-corrected chi connectivity index (χ0v) is 11.6. The first-order valence-electron chi connectivity index (χ1n) is 6.64. The molecular weight excluding hydrogens is 283 g/mol. The summed E-state index contributed by atoms with van der Waals surface area (Å²) >= 11 is 5.77. The van der Waals surface area contributed by atoms with E-state index in [0.29, 0.717) is 25.2 Å². The summed E-state index contributed by atoms with van der Waals surface area (Å²) in [5.41, 5.74) is 0.544. The van der Waals surface area contributed by atoms with Gasteiger partial charge in [-0.2, -0.15) is 0 Å². The van der Waals surface area contributed by atoms with Gasteiger partial charge in [0.1, 0.15) is 11.9 Å². The summed E-state index contributed by atoms with van der Waals surface area (Å²) in [4.78, 5) is 27.8. The lowest BCUT2D eigenvalue weighted by Crippen LogP contribution is -2.43. The molecule has 4 nitrogen and oxygen atoms in total. The summed E-state index contributed by atoms with van der Waals surface area (Å²) in [6.07, 6.45) is 1.83. The van der Waals surface area contributed by atoms with Crippen LogP contribution < -0.4 is 4.90 Å². The molecule has 0 spiro atoms. The van der Waals surface area contributed by atoms with Gasteiger partial charge in [0.15, 0.2) is 0 Å². The average molecular weight is 297 g/mol. The van der Waals surface area contributed by atoms with Crippen LogP contribution in [0.1, 0.15) is 19.3 Å². The summed E-state index contributed by atoms with van der Waals surface area (Å²) in [7, 11) is 0. The summed E-state index contributed by atoms with van der Waals surface area (Å²) in [5, 5.41) is -0.0193. The van der Waals surface area contributed by atoms with E-state index in [0.717, 1.165) is 6.42 Å². The second kappa shape index (κ2) is 5.05. The van der Waals surface area contributed by atoms with Crippen molar-refractivity contribution in [1.29, 1.82) is 0 Å². The van der Waals surface area contributed by atoms with E-state index in [9.17, 15) is 14.0 Å². The molecule has 2 aliphatic heterocycles. The average Bonchev–Trinajstić information content (AvgIpc) is 2.87. The zero-order chi connectivity index (χ0) is 14.3. The molecule has 2 aliphatic rings. The largest absolute Gasteiger partial charge is 0.331 e. The number of hydrogen-bond acceptors (Lipinski definition) is 2. The van der Waals surface area contributed by atoms with Crippen LogP contribution in [0.3, 0.4) is 0 Å². The zero-order valence-electron chi connectivity index (χ0n) is 10.8. The number of benzene rings is 1. The van der Waals surface area contributed by atoms with E-state index < -0.39 is 5.82 Å². The third kappa shape index (κ3) is 2.16. The second-order valence-corrected chi connectivity index (χ2v) is 5.49. The van der Waals surface area contributed by atoms with E-state index in [-0.39, 0.29) is 29.3 Å². The van der Waals surface area contributed by atoms with Gasteiger partial charge in [0.25, 0.3) is 0 Å². The number of fused-ring (bicyclic) bond motifs is 1. The van der Waals surface area contributed by atoms with Gasteiger partial charge in [-0.1, -0.05) is 11.6 Å². The van der Waals surface area contributed by atoms with Crippen molar-refractivity contribution in [3.63, 3.8) is 0 Å². The molecule has 1 aromatic rings. The van der Waals surface area contributed by atoms with Crippen molar-refractivity contribution >= 4 is 29.1 Å². The van der Waals surface area contributed by atoms with Crippen LogP contribution in [0.5, 0.6) is 0 Å². The standard InChI is InChI=1S/C14H14ClFN2O2/c15-10-8-9(3-4-11(10)16)17-7-5-13(19)18-6-1-2-12(18)14(17)20/h3-4,8,12H,1-2,5-7H2. The first-order chi connectivity index (χ1) is 9.58. The fraction of sp³-hybridized carbons (Fsp3) is 0.429. The number of anilines is 1. The highest BCUT2D eigenvalue weighted by Gasteiger charge is 2.39. The summed E-state index contributed by atoms with van der Waals surface area (Å²) in [6, 6.07) is 3.82. The van der Waals surface area contributed by atoms with Gasteiger partial charge in [-0.3, -0.25) is 9.59 Å². The minimum Gasteiger partial charge on any atom is -0.331 e. The van der Waals surface area contributed by atoms with Crippen LogP contribution in [0.4, 0.5) is 10.1 Å². The van der Waals surface area contributed by atoms with E-state index in [4.69, 9.17) is 11.6 Å². The Bertz CT molecular complexity index is 578. The quantitative estimate of drug-likeness (QED) is 0.797. The van der Waals surface area contributed by atoms with Gasteiger partial charge in [0.2, 0.25) is 11.8 Å². The van der Waals surface area contributed by atoms with Gasteiger partial charge in [-0.05, 0) is 31.0 Å². The molecule has 1 atom stereocenters. The van der Waals surface area contributed by atoms with Crippen LogP contribution in [0.25, 0.3) is 0 Å². The lowest BCUT2D eigenvalue weighted by molar-refractivity contribution is -0.135. The molecule has 20 heavy (non-hydrogen) atoms. The second-order valence-electron chi connectivity index (χ2n) is 5.08. The van der Waals surface area contributed by atoms with Crippen molar-refractivity contribution < 1.29 is 14.0 Å². The molecule has 1 unspecified atom stereocenters. The summed E-state index contributed by atoms with van der Waals surface area (Å²) < 4.78 is 13.2. The monoisotopic (exact) mass is 296 g/mol. The van der Waals surface area contributed by atoms with Crippen molar-refractivity contribution in [2.45, 2.75) is 25.3 Å². The smallest absolute Gasteiger partial charge is 0.249 e. The van der Waals surface area contributed by atoms with Crippen LogP contribution in [0.15, 0.2) is 18.2 Å². The highest BCUT2D eigenvalue weighted by atomic mass is 35.5. The van der Waals surface area contributed by atoms with Crippen LogP contribution in [-0.2, 0) is 9.59 Å². The van der Waals surface area contributed by atoms with Gasteiger partial charge < -0.3 is 9.80 Å². The number of rotatable bonds is 1. The molecule has 2 amide bonds. The molecule has 2 heterocycles. The van der Waals surface area contributed by atoms with E-state index in [1.165, 1.54) is 18.2 Å². The van der Waals surface area contributed by atoms with Crippen molar-refractivity contribution in [2.24, 2.45) is 0 Å². The highest BCUT2D eigenvalue weighted by molar-refractivity contribution is 6.31.